The Morgan fingerprint density at radius 1 is 1.19 bits per heavy atom. The second-order valence-corrected chi connectivity index (χ2v) is 6.53. The summed E-state index contributed by atoms with van der Waals surface area (Å²) in [6.07, 6.45) is 1.08. The minimum atomic E-state index is -0.661. The third kappa shape index (κ3) is 4.62. The SMILES string of the molecule is O=C(CN1C(=O)NC(CCc2ccccc2)C1=O)Nc1ccc(F)c(Cl)c1. The number of carbonyl (C=O) groups excluding carboxylic acids is 3. The van der Waals surface area contributed by atoms with Gasteiger partial charge in [-0.2, -0.15) is 0 Å². The Balaban J connectivity index is 1.56. The van der Waals surface area contributed by atoms with Gasteiger partial charge in [-0.3, -0.25) is 14.5 Å². The summed E-state index contributed by atoms with van der Waals surface area (Å²) in [4.78, 5) is 37.4. The number of urea groups is 1. The molecule has 1 heterocycles. The first kappa shape index (κ1) is 18.8. The Morgan fingerprint density at radius 2 is 1.93 bits per heavy atom. The van der Waals surface area contributed by atoms with Crippen LogP contribution in [0.3, 0.4) is 0 Å². The van der Waals surface area contributed by atoms with Crippen molar-refractivity contribution >= 4 is 35.1 Å². The Bertz CT molecular complexity index is 876. The molecule has 3 rings (SSSR count). The summed E-state index contributed by atoms with van der Waals surface area (Å²) in [5.41, 5.74) is 1.34. The second-order valence-electron chi connectivity index (χ2n) is 6.13. The maximum atomic E-state index is 13.2. The van der Waals surface area contributed by atoms with Gasteiger partial charge in [0.2, 0.25) is 5.91 Å². The molecule has 0 bridgehead atoms. The van der Waals surface area contributed by atoms with Gasteiger partial charge < -0.3 is 10.6 Å². The van der Waals surface area contributed by atoms with E-state index in [0.29, 0.717) is 12.8 Å². The third-order valence-electron chi connectivity index (χ3n) is 4.18. The van der Waals surface area contributed by atoms with E-state index < -0.39 is 36.2 Å². The highest BCUT2D eigenvalue weighted by Crippen LogP contribution is 2.19. The van der Waals surface area contributed by atoms with Gasteiger partial charge in [0.05, 0.1) is 5.02 Å². The average Bonchev–Trinajstić information content (AvgIpc) is 2.91. The highest BCUT2D eigenvalue weighted by atomic mass is 35.5. The van der Waals surface area contributed by atoms with Crippen molar-refractivity contribution in [2.24, 2.45) is 0 Å². The lowest BCUT2D eigenvalue weighted by Crippen LogP contribution is -2.38. The minimum Gasteiger partial charge on any atom is -0.326 e. The summed E-state index contributed by atoms with van der Waals surface area (Å²) in [7, 11) is 0. The number of hydrogen-bond acceptors (Lipinski definition) is 3. The summed E-state index contributed by atoms with van der Waals surface area (Å²) in [6.45, 7) is -0.429. The van der Waals surface area contributed by atoms with Gasteiger partial charge in [0.15, 0.2) is 0 Å². The van der Waals surface area contributed by atoms with Gasteiger partial charge in [-0.25, -0.2) is 9.18 Å². The van der Waals surface area contributed by atoms with E-state index in [1.165, 1.54) is 12.1 Å². The van der Waals surface area contributed by atoms with Crippen LogP contribution in [0, 0.1) is 5.82 Å². The van der Waals surface area contributed by atoms with Crippen molar-refractivity contribution in [1.29, 1.82) is 0 Å². The Morgan fingerprint density at radius 3 is 2.63 bits per heavy atom. The van der Waals surface area contributed by atoms with Crippen LogP contribution in [-0.4, -0.2) is 35.3 Å². The lowest BCUT2D eigenvalue weighted by Gasteiger charge is -2.13. The van der Waals surface area contributed by atoms with E-state index in [4.69, 9.17) is 11.6 Å². The summed E-state index contributed by atoms with van der Waals surface area (Å²) in [5, 5.41) is 4.95. The molecule has 0 aliphatic carbocycles. The number of aryl methyl sites for hydroxylation is 1. The molecule has 27 heavy (non-hydrogen) atoms. The van der Waals surface area contributed by atoms with E-state index in [9.17, 15) is 18.8 Å². The van der Waals surface area contributed by atoms with Gasteiger partial charge in [-0.05, 0) is 36.6 Å². The van der Waals surface area contributed by atoms with E-state index in [1.807, 2.05) is 30.3 Å². The highest BCUT2D eigenvalue weighted by Gasteiger charge is 2.38. The van der Waals surface area contributed by atoms with Crippen molar-refractivity contribution < 1.29 is 18.8 Å². The lowest BCUT2D eigenvalue weighted by molar-refractivity contribution is -0.130. The van der Waals surface area contributed by atoms with E-state index in [1.54, 1.807) is 0 Å². The topological polar surface area (TPSA) is 78.5 Å². The normalized spacial score (nSPS) is 16.4. The van der Waals surface area contributed by atoms with E-state index in [0.717, 1.165) is 16.5 Å². The smallest absolute Gasteiger partial charge is 0.325 e. The van der Waals surface area contributed by atoms with Gasteiger partial charge >= 0.3 is 6.03 Å². The fraction of sp³-hybridized carbons (Fsp3) is 0.211. The van der Waals surface area contributed by atoms with Crippen LogP contribution in [0.2, 0.25) is 5.02 Å². The molecular weight excluding hydrogens is 373 g/mol. The molecule has 2 aromatic rings. The van der Waals surface area contributed by atoms with Crippen LogP contribution in [0.5, 0.6) is 0 Å². The number of anilines is 1. The molecule has 0 spiro atoms. The van der Waals surface area contributed by atoms with Crippen molar-refractivity contribution in [3.63, 3.8) is 0 Å². The van der Waals surface area contributed by atoms with Crippen LogP contribution < -0.4 is 10.6 Å². The molecular formula is C19H17ClFN3O3. The Hall–Kier alpha value is -2.93. The fourth-order valence-electron chi connectivity index (χ4n) is 2.80. The molecule has 140 valence electrons. The lowest BCUT2D eigenvalue weighted by atomic mass is 10.1. The number of imide groups is 1. The molecule has 2 aromatic carbocycles. The molecule has 1 aliphatic rings. The second kappa shape index (κ2) is 8.18. The first-order valence-electron chi connectivity index (χ1n) is 8.35. The highest BCUT2D eigenvalue weighted by molar-refractivity contribution is 6.31. The van der Waals surface area contributed by atoms with Gasteiger partial charge in [0.1, 0.15) is 18.4 Å². The fourth-order valence-corrected chi connectivity index (χ4v) is 2.98. The number of amides is 4. The molecule has 1 atom stereocenters. The van der Waals surface area contributed by atoms with Crippen molar-refractivity contribution in [2.75, 3.05) is 11.9 Å². The minimum absolute atomic E-state index is 0.135. The van der Waals surface area contributed by atoms with E-state index >= 15 is 0 Å². The van der Waals surface area contributed by atoms with Crippen LogP contribution in [-0.2, 0) is 16.0 Å². The molecule has 1 unspecified atom stereocenters. The molecule has 6 nitrogen and oxygen atoms in total. The Kier molecular flexibility index (Phi) is 5.71. The number of carbonyl (C=O) groups is 3. The van der Waals surface area contributed by atoms with Crippen LogP contribution >= 0.6 is 11.6 Å². The molecule has 1 fully saturated rings. The first-order valence-corrected chi connectivity index (χ1v) is 8.72. The average molecular weight is 390 g/mol. The van der Waals surface area contributed by atoms with Crippen LogP contribution in [0.15, 0.2) is 48.5 Å². The molecule has 1 aliphatic heterocycles. The summed E-state index contributed by atoms with van der Waals surface area (Å²) < 4.78 is 13.2. The van der Waals surface area contributed by atoms with Gasteiger partial charge in [0, 0.05) is 5.69 Å². The zero-order valence-electron chi connectivity index (χ0n) is 14.2. The van der Waals surface area contributed by atoms with Gasteiger partial charge in [-0.1, -0.05) is 41.9 Å². The number of halogens is 2. The zero-order chi connectivity index (χ0) is 19.4. The molecule has 0 aromatic heterocycles. The molecule has 1 saturated heterocycles. The van der Waals surface area contributed by atoms with E-state index in [2.05, 4.69) is 10.6 Å². The molecule has 8 heteroatoms. The van der Waals surface area contributed by atoms with Crippen molar-refractivity contribution in [3.8, 4) is 0 Å². The van der Waals surface area contributed by atoms with Gasteiger partial charge in [0.25, 0.3) is 5.91 Å². The molecule has 0 radical (unpaired) electrons. The molecule has 4 amide bonds. The quantitative estimate of drug-likeness (QED) is 0.745. The summed E-state index contributed by atoms with van der Waals surface area (Å²) >= 11 is 5.66. The monoisotopic (exact) mass is 389 g/mol. The van der Waals surface area contributed by atoms with Crippen molar-refractivity contribution in [1.82, 2.24) is 10.2 Å². The number of nitrogens with one attached hydrogen (secondary N) is 2. The van der Waals surface area contributed by atoms with Crippen LogP contribution in [0.4, 0.5) is 14.9 Å². The number of nitrogens with zero attached hydrogens (tertiary/aromatic N) is 1. The first-order chi connectivity index (χ1) is 12.9. The van der Waals surface area contributed by atoms with Gasteiger partial charge in [-0.15, -0.1) is 0 Å². The summed E-state index contributed by atoms with van der Waals surface area (Å²) in [6, 6.07) is 12.0. The van der Waals surface area contributed by atoms with Crippen molar-refractivity contribution in [3.05, 3.63) is 64.9 Å². The van der Waals surface area contributed by atoms with Crippen molar-refractivity contribution in [2.45, 2.75) is 18.9 Å². The number of hydrogen-bond donors (Lipinski definition) is 2. The largest absolute Gasteiger partial charge is 0.326 e. The van der Waals surface area contributed by atoms with E-state index in [-0.39, 0.29) is 10.7 Å². The third-order valence-corrected chi connectivity index (χ3v) is 4.47. The number of benzene rings is 2. The number of rotatable bonds is 6. The molecule has 0 saturated carbocycles. The summed E-state index contributed by atoms with van der Waals surface area (Å²) in [5.74, 6) is -1.63. The molecule has 2 N–H and O–H groups in total. The predicted molar refractivity (Wildman–Crippen MR) is 98.8 cm³/mol. The van der Waals surface area contributed by atoms with Crippen LogP contribution in [0.25, 0.3) is 0 Å². The predicted octanol–water partition coefficient (Wildman–Crippen LogP) is 2.97. The zero-order valence-corrected chi connectivity index (χ0v) is 15.0. The maximum Gasteiger partial charge on any atom is 0.325 e. The standard InChI is InChI=1S/C19H17ClFN3O3/c20-14-10-13(7-8-15(14)21)22-17(25)11-24-18(26)16(23-19(24)27)9-6-12-4-2-1-3-5-12/h1-5,7-8,10,16H,6,9,11H2,(H,22,25)(H,23,27). The van der Waals surface area contributed by atoms with Crippen LogP contribution in [0.1, 0.15) is 12.0 Å². The maximum absolute atomic E-state index is 13.2. The Labute approximate surface area is 160 Å².